The number of nitrogens with zero attached hydrogens (tertiary/aromatic N) is 4. The first kappa shape index (κ1) is 19.3. The van der Waals surface area contributed by atoms with Crippen molar-refractivity contribution in [2.75, 3.05) is 0 Å². The molecule has 0 unspecified atom stereocenters. The molecule has 28 heavy (non-hydrogen) atoms. The van der Waals surface area contributed by atoms with E-state index in [4.69, 9.17) is 16.3 Å². The number of halogens is 1. The van der Waals surface area contributed by atoms with Crippen LogP contribution in [0, 0.1) is 13.8 Å². The predicted molar refractivity (Wildman–Crippen MR) is 113 cm³/mol. The zero-order valence-electron chi connectivity index (χ0n) is 16.1. The van der Waals surface area contributed by atoms with Gasteiger partial charge in [0.05, 0.1) is 11.9 Å². The molecule has 2 aromatic heterocycles. The van der Waals surface area contributed by atoms with Crippen molar-refractivity contribution in [3.05, 3.63) is 58.6 Å². The van der Waals surface area contributed by atoms with Gasteiger partial charge >= 0.3 is 0 Å². The van der Waals surface area contributed by atoms with Gasteiger partial charge < -0.3 is 4.74 Å². The minimum Gasteiger partial charge on any atom is -0.486 e. The summed E-state index contributed by atoms with van der Waals surface area (Å²) in [5.74, 6) is 1.55. The van der Waals surface area contributed by atoms with Crippen molar-refractivity contribution >= 4 is 23.4 Å². The summed E-state index contributed by atoms with van der Waals surface area (Å²) in [6.07, 6.45) is 8.67. The summed E-state index contributed by atoms with van der Waals surface area (Å²) in [6, 6.07) is 7.85. The molecule has 1 saturated carbocycles. The number of aryl methyl sites for hydroxylation is 2. The molecule has 0 amide bonds. The van der Waals surface area contributed by atoms with Crippen LogP contribution in [-0.2, 0) is 6.61 Å². The number of hydrogen-bond acceptors (Lipinski definition) is 5. The number of benzene rings is 1. The van der Waals surface area contributed by atoms with E-state index >= 15 is 0 Å². The molecule has 0 N–H and O–H groups in total. The first-order chi connectivity index (χ1) is 13.6. The largest absolute Gasteiger partial charge is 0.486 e. The van der Waals surface area contributed by atoms with E-state index in [0.717, 1.165) is 38.6 Å². The van der Waals surface area contributed by atoms with E-state index in [1.807, 2.05) is 56.1 Å². The maximum Gasteiger partial charge on any atom is 0.196 e. The van der Waals surface area contributed by atoms with Crippen LogP contribution in [0.15, 0.2) is 41.8 Å². The molecule has 0 spiro atoms. The Kier molecular flexibility index (Phi) is 5.87. The van der Waals surface area contributed by atoms with Gasteiger partial charge in [-0.2, -0.15) is 0 Å². The summed E-state index contributed by atoms with van der Waals surface area (Å²) in [7, 11) is 0. The van der Waals surface area contributed by atoms with Gasteiger partial charge in [0.1, 0.15) is 12.4 Å². The van der Waals surface area contributed by atoms with Gasteiger partial charge in [0.15, 0.2) is 11.0 Å². The molecule has 0 radical (unpaired) electrons. The highest BCUT2D eigenvalue weighted by molar-refractivity contribution is 7.99. The van der Waals surface area contributed by atoms with Crippen molar-refractivity contribution in [2.24, 2.45) is 0 Å². The van der Waals surface area contributed by atoms with E-state index in [9.17, 15) is 0 Å². The molecule has 1 aliphatic rings. The van der Waals surface area contributed by atoms with Crippen molar-refractivity contribution in [1.82, 2.24) is 19.7 Å². The first-order valence-electron chi connectivity index (χ1n) is 9.52. The molecule has 146 valence electrons. The lowest BCUT2D eigenvalue weighted by atomic mass is 10.1. The summed E-state index contributed by atoms with van der Waals surface area (Å²) in [4.78, 5) is 4.26. The molecule has 0 aliphatic heterocycles. The van der Waals surface area contributed by atoms with Gasteiger partial charge in [-0.1, -0.05) is 36.2 Å². The average Bonchev–Trinajstić information content (AvgIpc) is 3.35. The lowest BCUT2D eigenvalue weighted by Crippen LogP contribution is -2.08. The van der Waals surface area contributed by atoms with Crippen LogP contribution in [0.2, 0.25) is 5.02 Å². The molecule has 0 saturated heterocycles. The Balaban J connectivity index is 1.60. The normalized spacial score (nSPS) is 14.5. The molecule has 1 aliphatic carbocycles. The van der Waals surface area contributed by atoms with Gasteiger partial charge in [0.25, 0.3) is 0 Å². The minimum absolute atomic E-state index is 0.327. The van der Waals surface area contributed by atoms with E-state index in [2.05, 4.69) is 19.7 Å². The van der Waals surface area contributed by atoms with E-state index in [-0.39, 0.29) is 0 Å². The van der Waals surface area contributed by atoms with E-state index in [1.54, 1.807) is 6.20 Å². The van der Waals surface area contributed by atoms with Crippen molar-refractivity contribution in [3.8, 4) is 11.4 Å². The van der Waals surface area contributed by atoms with Gasteiger partial charge in [0, 0.05) is 16.5 Å². The molecule has 2 heterocycles. The van der Waals surface area contributed by atoms with E-state index in [1.165, 1.54) is 25.7 Å². The van der Waals surface area contributed by atoms with Crippen LogP contribution in [0.5, 0.6) is 5.75 Å². The van der Waals surface area contributed by atoms with E-state index < -0.39 is 0 Å². The molecular formula is C21H23ClN4OS. The zero-order valence-corrected chi connectivity index (χ0v) is 17.6. The summed E-state index contributed by atoms with van der Waals surface area (Å²) < 4.78 is 8.10. The first-order valence-corrected chi connectivity index (χ1v) is 10.8. The molecule has 1 aromatic carbocycles. The minimum atomic E-state index is 0.327. The van der Waals surface area contributed by atoms with Crippen molar-refractivity contribution in [2.45, 2.75) is 56.5 Å². The molecule has 4 rings (SSSR count). The smallest absolute Gasteiger partial charge is 0.196 e. The highest BCUT2D eigenvalue weighted by atomic mass is 35.5. The van der Waals surface area contributed by atoms with Crippen LogP contribution in [0.4, 0.5) is 0 Å². The second-order valence-electron chi connectivity index (χ2n) is 7.13. The molecule has 0 atom stereocenters. The Labute approximate surface area is 174 Å². The van der Waals surface area contributed by atoms with Gasteiger partial charge in [-0.25, -0.2) is 0 Å². The Morgan fingerprint density at radius 3 is 2.61 bits per heavy atom. The Bertz CT molecular complexity index is 931. The third-order valence-corrected chi connectivity index (χ3v) is 6.83. The quantitative estimate of drug-likeness (QED) is 0.529. The lowest BCUT2D eigenvalue weighted by molar-refractivity contribution is 0.292. The van der Waals surface area contributed by atoms with E-state index in [0.29, 0.717) is 11.9 Å². The topological polar surface area (TPSA) is 52.8 Å². The van der Waals surface area contributed by atoms with Crippen LogP contribution in [0.3, 0.4) is 0 Å². The molecule has 3 aromatic rings. The number of aromatic nitrogens is 4. The summed E-state index contributed by atoms with van der Waals surface area (Å²) in [6.45, 7) is 4.29. The van der Waals surface area contributed by atoms with Gasteiger partial charge in [-0.05, 0) is 62.1 Å². The standard InChI is InChI=1S/C21H23ClN4OS/c1-14-10-17(11-15(2)20(14)22)27-13-19-24-25-21(28-18-7-3-4-8-18)26(19)16-6-5-9-23-12-16/h5-6,9-12,18H,3-4,7-8,13H2,1-2H3. The predicted octanol–water partition coefficient (Wildman–Crippen LogP) is 5.55. The Hall–Kier alpha value is -2.05. The third-order valence-electron chi connectivity index (χ3n) is 4.96. The Morgan fingerprint density at radius 2 is 1.93 bits per heavy atom. The zero-order chi connectivity index (χ0) is 19.5. The fraction of sp³-hybridized carbons (Fsp3) is 0.381. The molecule has 0 bridgehead atoms. The summed E-state index contributed by atoms with van der Waals surface area (Å²) in [5.41, 5.74) is 2.96. The van der Waals surface area contributed by atoms with Gasteiger partial charge in [-0.3, -0.25) is 9.55 Å². The van der Waals surface area contributed by atoms with Crippen molar-refractivity contribution < 1.29 is 4.74 Å². The van der Waals surface area contributed by atoms with Crippen molar-refractivity contribution in [1.29, 1.82) is 0 Å². The second kappa shape index (κ2) is 8.53. The van der Waals surface area contributed by atoms with Gasteiger partial charge in [0.2, 0.25) is 0 Å². The number of hydrogen-bond donors (Lipinski definition) is 0. The molecule has 7 heteroatoms. The highest BCUT2D eigenvalue weighted by Crippen LogP contribution is 2.35. The fourth-order valence-electron chi connectivity index (χ4n) is 3.51. The second-order valence-corrected chi connectivity index (χ2v) is 8.77. The SMILES string of the molecule is Cc1cc(OCc2nnc(SC3CCCC3)n2-c2cccnc2)cc(C)c1Cl. The maximum atomic E-state index is 6.26. The fourth-order valence-corrected chi connectivity index (χ4v) is 4.89. The summed E-state index contributed by atoms with van der Waals surface area (Å²) in [5, 5.41) is 11.2. The monoisotopic (exact) mass is 414 g/mol. The van der Waals surface area contributed by atoms with Crippen molar-refractivity contribution in [3.63, 3.8) is 0 Å². The number of pyridine rings is 1. The number of rotatable bonds is 6. The molecule has 1 fully saturated rings. The third kappa shape index (κ3) is 4.18. The summed E-state index contributed by atoms with van der Waals surface area (Å²) >= 11 is 8.08. The highest BCUT2D eigenvalue weighted by Gasteiger charge is 2.22. The van der Waals surface area contributed by atoms with Crippen LogP contribution >= 0.6 is 23.4 Å². The number of thioether (sulfide) groups is 1. The van der Waals surface area contributed by atoms with Crippen LogP contribution in [0.25, 0.3) is 5.69 Å². The lowest BCUT2D eigenvalue weighted by Gasteiger charge is -2.13. The number of ether oxygens (including phenoxy) is 1. The van der Waals surface area contributed by atoms with Crippen LogP contribution in [-0.4, -0.2) is 25.0 Å². The van der Waals surface area contributed by atoms with Gasteiger partial charge in [-0.15, -0.1) is 10.2 Å². The van der Waals surface area contributed by atoms with Crippen LogP contribution < -0.4 is 4.74 Å². The maximum absolute atomic E-state index is 6.26. The Morgan fingerprint density at radius 1 is 1.18 bits per heavy atom. The molecular weight excluding hydrogens is 392 g/mol. The molecule has 5 nitrogen and oxygen atoms in total. The average molecular weight is 415 g/mol. The van der Waals surface area contributed by atoms with Crippen LogP contribution in [0.1, 0.15) is 42.6 Å².